The van der Waals surface area contributed by atoms with E-state index in [1.807, 2.05) is 10.9 Å². The first-order valence-electron chi connectivity index (χ1n) is 17.5. The van der Waals surface area contributed by atoms with Gasteiger partial charge in [0, 0.05) is 37.2 Å². The molecule has 0 spiro atoms. The number of amides is 3. The van der Waals surface area contributed by atoms with Gasteiger partial charge in [0.2, 0.25) is 11.8 Å². The van der Waals surface area contributed by atoms with E-state index in [2.05, 4.69) is 30.6 Å². The molecular formula is C36H35F4N9O4. The Morgan fingerprint density at radius 3 is 2.57 bits per heavy atom. The summed E-state index contributed by atoms with van der Waals surface area (Å²) in [6.07, 6.45) is 2.29. The van der Waals surface area contributed by atoms with Crippen LogP contribution in [0.4, 0.5) is 23.4 Å². The fraction of sp³-hybridized carbons (Fsp3) is 0.417. The molecule has 2 aliphatic heterocycles. The number of rotatable bonds is 7. The second-order valence-electron chi connectivity index (χ2n) is 14.2. The molecule has 1 saturated carbocycles. The number of aromatic nitrogens is 6. The number of alkyl halides is 3. The maximum Gasteiger partial charge on any atom is 0.433 e. The smallest absolute Gasteiger partial charge is 0.305 e. The summed E-state index contributed by atoms with van der Waals surface area (Å²) in [5.74, 6) is -1.58. The first kappa shape index (κ1) is 34.6. The Balaban J connectivity index is 0.878. The highest BCUT2D eigenvalue weighted by molar-refractivity contribution is 6.03. The predicted octanol–water partition coefficient (Wildman–Crippen LogP) is 4.70. The van der Waals surface area contributed by atoms with Crippen LogP contribution >= 0.6 is 0 Å². The van der Waals surface area contributed by atoms with Gasteiger partial charge in [-0.3, -0.25) is 33.5 Å². The fourth-order valence-corrected chi connectivity index (χ4v) is 8.03. The highest BCUT2D eigenvalue weighted by atomic mass is 19.4. The minimum Gasteiger partial charge on any atom is -0.305 e. The number of imide groups is 1. The van der Waals surface area contributed by atoms with Crippen LogP contribution in [0.25, 0.3) is 21.9 Å². The fourth-order valence-electron chi connectivity index (χ4n) is 8.03. The molecule has 4 aromatic heterocycles. The molecule has 17 heteroatoms. The first-order valence-corrected chi connectivity index (χ1v) is 17.5. The van der Waals surface area contributed by atoms with E-state index in [1.54, 1.807) is 19.2 Å². The first-order chi connectivity index (χ1) is 25.3. The van der Waals surface area contributed by atoms with E-state index in [9.17, 15) is 32.3 Å². The Bertz CT molecular complexity index is 2330. The van der Waals surface area contributed by atoms with Crippen LogP contribution in [0.3, 0.4) is 0 Å². The molecule has 1 unspecified atom stereocenters. The summed E-state index contributed by atoms with van der Waals surface area (Å²) in [4.78, 5) is 60.4. The number of likely N-dealkylation sites (tertiary alicyclic amines) is 1. The van der Waals surface area contributed by atoms with Gasteiger partial charge in [0.05, 0.1) is 23.3 Å². The van der Waals surface area contributed by atoms with Crippen molar-refractivity contribution in [3.05, 3.63) is 82.0 Å². The van der Waals surface area contributed by atoms with Crippen LogP contribution < -0.4 is 16.3 Å². The summed E-state index contributed by atoms with van der Waals surface area (Å²) in [5.41, 5.74) is 0.145. The molecule has 6 heterocycles. The number of carbonyl (C=O) groups excluding carboxylic acids is 3. The van der Waals surface area contributed by atoms with Crippen molar-refractivity contribution in [3.8, 4) is 0 Å². The molecule has 1 atom stereocenters. The number of carbonyl (C=O) groups is 3. The molecule has 0 bridgehead atoms. The molecule has 2 N–H and O–H groups in total. The zero-order valence-electron chi connectivity index (χ0n) is 28.6. The van der Waals surface area contributed by atoms with Crippen LogP contribution in [-0.2, 0) is 22.8 Å². The van der Waals surface area contributed by atoms with Crippen LogP contribution in [0.1, 0.15) is 78.3 Å². The van der Waals surface area contributed by atoms with Gasteiger partial charge >= 0.3 is 11.9 Å². The van der Waals surface area contributed by atoms with E-state index in [0.29, 0.717) is 40.9 Å². The molecule has 276 valence electrons. The van der Waals surface area contributed by atoms with Crippen molar-refractivity contribution in [3.63, 3.8) is 0 Å². The average molecular weight is 734 g/mol. The van der Waals surface area contributed by atoms with Gasteiger partial charge in [-0.05, 0) is 87.4 Å². The second-order valence-corrected chi connectivity index (χ2v) is 14.2. The van der Waals surface area contributed by atoms with E-state index in [-0.39, 0.29) is 48.0 Å². The van der Waals surface area contributed by atoms with Crippen molar-refractivity contribution in [1.82, 2.24) is 39.1 Å². The summed E-state index contributed by atoms with van der Waals surface area (Å²) in [6.45, 7) is 2.43. The maximum absolute atomic E-state index is 15.5. The molecular weight excluding hydrogens is 698 g/mol. The number of hydrogen-bond acceptors (Lipinski definition) is 8. The van der Waals surface area contributed by atoms with Crippen molar-refractivity contribution in [2.75, 3.05) is 25.0 Å². The molecule has 3 aliphatic rings. The number of benzene rings is 1. The van der Waals surface area contributed by atoms with Gasteiger partial charge in [-0.25, -0.2) is 19.2 Å². The standard InChI is InChI=1S/C36H35F4N9O4/c1-46-32-26(49(35(46)53)27-7-8-30(50)44-34(27)52)6-5-23(37)31(32)20-9-11-47(12-10-20)17-19-13-22(14-19)48-18-21-15-29(41-16-25(21)45-48)43-33(51)24-3-2-4-28(42-24)36(38,39)40/h2-6,15-16,18-20,22,27H,7-14,17H2,1H3,(H,43,51)(H,44,50,52). The molecule has 0 radical (unpaired) electrons. The molecule has 1 aromatic carbocycles. The van der Waals surface area contributed by atoms with Gasteiger partial charge in [-0.15, -0.1) is 0 Å². The third kappa shape index (κ3) is 6.46. The Hall–Kier alpha value is -5.45. The summed E-state index contributed by atoms with van der Waals surface area (Å²) >= 11 is 0. The number of fused-ring (bicyclic) bond motifs is 2. The molecule has 2 saturated heterocycles. The maximum atomic E-state index is 15.5. The minimum atomic E-state index is -4.67. The number of nitrogens with zero attached hydrogens (tertiary/aromatic N) is 7. The number of halogens is 4. The zero-order chi connectivity index (χ0) is 37.2. The number of hydrogen-bond donors (Lipinski definition) is 2. The molecule has 53 heavy (non-hydrogen) atoms. The predicted molar refractivity (Wildman–Crippen MR) is 183 cm³/mol. The summed E-state index contributed by atoms with van der Waals surface area (Å²) in [6, 6.07) is 6.99. The number of pyridine rings is 2. The molecule has 3 amide bonds. The summed E-state index contributed by atoms with van der Waals surface area (Å²) < 4.78 is 59.3. The summed E-state index contributed by atoms with van der Waals surface area (Å²) in [7, 11) is 1.59. The topological polar surface area (TPSA) is 149 Å². The third-order valence-electron chi connectivity index (χ3n) is 10.8. The quantitative estimate of drug-likeness (QED) is 0.181. The largest absolute Gasteiger partial charge is 0.433 e. The minimum absolute atomic E-state index is 0.103. The number of aryl methyl sites for hydroxylation is 1. The van der Waals surface area contributed by atoms with Gasteiger partial charge in [0.25, 0.3) is 5.91 Å². The lowest BCUT2D eigenvalue weighted by atomic mass is 9.79. The van der Waals surface area contributed by atoms with Crippen molar-refractivity contribution in [1.29, 1.82) is 0 Å². The number of nitrogens with one attached hydrogen (secondary N) is 2. The van der Waals surface area contributed by atoms with E-state index in [0.717, 1.165) is 50.0 Å². The molecule has 13 nitrogen and oxygen atoms in total. The van der Waals surface area contributed by atoms with Crippen molar-refractivity contribution >= 4 is 45.5 Å². The zero-order valence-corrected chi connectivity index (χ0v) is 28.6. The van der Waals surface area contributed by atoms with E-state index in [4.69, 9.17) is 0 Å². The van der Waals surface area contributed by atoms with Crippen LogP contribution in [0.5, 0.6) is 0 Å². The molecule has 1 aliphatic carbocycles. The monoisotopic (exact) mass is 733 g/mol. The van der Waals surface area contributed by atoms with Crippen molar-refractivity contribution in [2.24, 2.45) is 13.0 Å². The SMILES string of the molecule is Cn1c(=O)n(C2CCC(=O)NC2=O)c2ccc(F)c(C3CCN(CC4CC(n5cc6cc(NC(=O)c7cccc(C(F)(F)F)n7)ncc6n5)C4)CC3)c21. The highest BCUT2D eigenvalue weighted by Gasteiger charge is 2.36. The van der Waals surface area contributed by atoms with E-state index < -0.39 is 35.4 Å². The second kappa shape index (κ2) is 13.2. The van der Waals surface area contributed by atoms with Crippen LogP contribution in [0, 0.1) is 11.7 Å². The Kier molecular flexibility index (Phi) is 8.62. The van der Waals surface area contributed by atoms with Gasteiger partial charge in [-0.2, -0.15) is 18.3 Å². The van der Waals surface area contributed by atoms with Gasteiger partial charge in [-0.1, -0.05) is 6.07 Å². The van der Waals surface area contributed by atoms with Gasteiger partial charge < -0.3 is 10.2 Å². The van der Waals surface area contributed by atoms with Crippen molar-refractivity contribution < 1.29 is 31.9 Å². The number of piperidine rings is 2. The number of anilines is 1. The average Bonchev–Trinajstić information content (AvgIpc) is 3.63. The number of imidazole rings is 1. The molecule has 5 aromatic rings. The van der Waals surface area contributed by atoms with Crippen LogP contribution in [0.2, 0.25) is 0 Å². The van der Waals surface area contributed by atoms with Gasteiger partial charge in [0.15, 0.2) is 0 Å². The summed E-state index contributed by atoms with van der Waals surface area (Å²) in [5, 5.41) is 10.2. The Morgan fingerprint density at radius 2 is 1.83 bits per heavy atom. The lowest BCUT2D eigenvalue weighted by Gasteiger charge is -2.41. The third-order valence-corrected chi connectivity index (χ3v) is 10.8. The van der Waals surface area contributed by atoms with Crippen LogP contribution in [0.15, 0.2) is 53.6 Å². The van der Waals surface area contributed by atoms with Gasteiger partial charge in [0.1, 0.15) is 34.6 Å². The Labute approximate surface area is 299 Å². The van der Waals surface area contributed by atoms with E-state index >= 15 is 4.39 Å². The highest BCUT2D eigenvalue weighted by Crippen LogP contribution is 2.41. The lowest BCUT2D eigenvalue weighted by molar-refractivity contribution is -0.141. The normalized spacial score (nSPS) is 21.6. The van der Waals surface area contributed by atoms with Crippen LogP contribution in [-0.4, -0.2) is 71.1 Å². The van der Waals surface area contributed by atoms with E-state index in [1.165, 1.54) is 27.5 Å². The molecule has 3 fully saturated rings. The Morgan fingerprint density at radius 1 is 1.06 bits per heavy atom. The molecule has 8 rings (SSSR count). The lowest BCUT2D eigenvalue weighted by Crippen LogP contribution is -2.44. The van der Waals surface area contributed by atoms with Crippen molar-refractivity contribution in [2.45, 2.75) is 62.7 Å².